The highest BCUT2D eigenvalue weighted by Gasteiger charge is 2.50. The normalized spacial score (nSPS) is 31.2. The third-order valence-corrected chi connectivity index (χ3v) is 4.71. The standard InChI is InChI=1S/C13H13BrClNO2/c14-12-11(9-3-5-10(15)6-4-9)16-18-13(12)7-1-2-8-17-13/h3-6,12H,1-2,7-8H2/t12-,13-/m0/s1. The molecule has 1 saturated heterocycles. The molecular formula is C13H13BrClNO2. The van der Waals surface area contributed by atoms with Crippen LogP contribution in [-0.4, -0.2) is 22.9 Å². The Morgan fingerprint density at radius 1 is 1.28 bits per heavy atom. The van der Waals surface area contributed by atoms with Crippen molar-refractivity contribution in [3.63, 3.8) is 0 Å². The minimum Gasteiger partial charge on any atom is -0.358 e. The van der Waals surface area contributed by atoms with E-state index in [-0.39, 0.29) is 4.83 Å². The summed E-state index contributed by atoms with van der Waals surface area (Å²) in [6.45, 7) is 0.728. The Morgan fingerprint density at radius 3 is 2.72 bits per heavy atom. The smallest absolute Gasteiger partial charge is 0.255 e. The van der Waals surface area contributed by atoms with Gasteiger partial charge in [0.2, 0.25) is 0 Å². The number of oxime groups is 1. The highest BCUT2D eigenvalue weighted by atomic mass is 79.9. The second kappa shape index (κ2) is 4.83. The summed E-state index contributed by atoms with van der Waals surface area (Å²) in [6, 6.07) is 7.60. The molecule has 1 aromatic rings. The van der Waals surface area contributed by atoms with Crippen LogP contribution in [-0.2, 0) is 9.57 Å². The van der Waals surface area contributed by atoms with Crippen molar-refractivity contribution in [1.29, 1.82) is 0 Å². The van der Waals surface area contributed by atoms with Crippen molar-refractivity contribution in [3.05, 3.63) is 34.9 Å². The molecule has 1 fully saturated rings. The molecule has 2 aliphatic rings. The summed E-state index contributed by atoms with van der Waals surface area (Å²) in [7, 11) is 0. The first-order valence-electron chi connectivity index (χ1n) is 6.01. The van der Waals surface area contributed by atoms with Crippen molar-refractivity contribution in [1.82, 2.24) is 0 Å². The highest BCUT2D eigenvalue weighted by molar-refractivity contribution is 9.10. The Balaban J connectivity index is 1.85. The van der Waals surface area contributed by atoms with Crippen LogP contribution in [0.1, 0.15) is 24.8 Å². The number of alkyl halides is 1. The molecule has 0 amide bonds. The molecule has 96 valence electrons. The molecule has 5 heteroatoms. The van der Waals surface area contributed by atoms with Crippen LogP contribution in [0.15, 0.2) is 29.4 Å². The van der Waals surface area contributed by atoms with E-state index in [2.05, 4.69) is 21.1 Å². The van der Waals surface area contributed by atoms with E-state index in [1.165, 1.54) is 0 Å². The van der Waals surface area contributed by atoms with E-state index in [0.29, 0.717) is 5.02 Å². The molecule has 18 heavy (non-hydrogen) atoms. The van der Waals surface area contributed by atoms with Gasteiger partial charge in [0.15, 0.2) is 0 Å². The summed E-state index contributed by atoms with van der Waals surface area (Å²) < 4.78 is 5.80. The van der Waals surface area contributed by atoms with Crippen molar-refractivity contribution in [2.45, 2.75) is 29.9 Å². The second-order valence-electron chi connectivity index (χ2n) is 4.55. The van der Waals surface area contributed by atoms with Gasteiger partial charge in [-0.05, 0) is 25.0 Å². The van der Waals surface area contributed by atoms with E-state index in [9.17, 15) is 0 Å². The molecule has 0 N–H and O–H groups in total. The van der Waals surface area contributed by atoms with E-state index >= 15 is 0 Å². The minimum absolute atomic E-state index is 0.0357. The van der Waals surface area contributed by atoms with Crippen LogP contribution in [0.2, 0.25) is 5.02 Å². The lowest BCUT2D eigenvalue weighted by molar-refractivity contribution is -0.236. The predicted molar refractivity (Wildman–Crippen MR) is 74.3 cm³/mol. The van der Waals surface area contributed by atoms with Gasteiger partial charge in [-0.3, -0.25) is 0 Å². The van der Waals surface area contributed by atoms with Crippen molar-refractivity contribution < 1.29 is 9.57 Å². The van der Waals surface area contributed by atoms with Crippen LogP contribution >= 0.6 is 27.5 Å². The zero-order valence-corrected chi connectivity index (χ0v) is 12.1. The van der Waals surface area contributed by atoms with E-state index in [0.717, 1.165) is 37.1 Å². The van der Waals surface area contributed by atoms with Gasteiger partial charge >= 0.3 is 0 Å². The highest BCUT2D eigenvalue weighted by Crippen LogP contribution is 2.40. The van der Waals surface area contributed by atoms with E-state index < -0.39 is 5.79 Å². The van der Waals surface area contributed by atoms with Crippen molar-refractivity contribution in [3.8, 4) is 0 Å². The van der Waals surface area contributed by atoms with Crippen LogP contribution in [0.25, 0.3) is 0 Å². The van der Waals surface area contributed by atoms with Crippen molar-refractivity contribution in [2.24, 2.45) is 5.16 Å². The fourth-order valence-electron chi connectivity index (χ4n) is 2.31. The average Bonchev–Trinajstić information content (AvgIpc) is 2.70. The Bertz CT molecular complexity index is 468. The molecule has 1 spiro atoms. The van der Waals surface area contributed by atoms with Gasteiger partial charge in [-0.15, -0.1) is 0 Å². The Hall–Kier alpha value is -0.580. The molecule has 0 aliphatic carbocycles. The third-order valence-electron chi connectivity index (χ3n) is 3.33. The number of hydrogen-bond donors (Lipinski definition) is 0. The number of hydrogen-bond acceptors (Lipinski definition) is 3. The van der Waals surface area contributed by atoms with E-state index in [1.54, 1.807) is 0 Å². The van der Waals surface area contributed by atoms with E-state index in [4.69, 9.17) is 21.2 Å². The molecular weight excluding hydrogens is 318 g/mol. The van der Waals surface area contributed by atoms with Gasteiger partial charge in [0.1, 0.15) is 10.5 Å². The number of ether oxygens (including phenoxy) is 1. The molecule has 0 aromatic heterocycles. The topological polar surface area (TPSA) is 30.8 Å². The zero-order chi connectivity index (χ0) is 12.6. The Labute approximate surface area is 119 Å². The maximum Gasteiger partial charge on any atom is 0.255 e. The molecule has 0 unspecified atom stereocenters. The molecule has 0 saturated carbocycles. The van der Waals surface area contributed by atoms with Crippen LogP contribution in [0.3, 0.4) is 0 Å². The summed E-state index contributed by atoms with van der Waals surface area (Å²) in [6.07, 6.45) is 3.05. The molecule has 2 aliphatic heterocycles. The van der Waals surface area contributed by atoms with Gasteiger partial charge in [0.05, 0.1) is 6.61 Å². The van der Waals surface area contributed by atoms with Gasteiger partial charge in [-0.25, -0.2) is 0 Å². The molecule has 1 aromatic carbocycles. The number of nitrogens with zero attached hydrogens (tertiary/aromatic N) is 1. The van der Waals surface area contributed by atoms with Crippen LogP contribution in [0.4, 0.5) is 0 Å². The van der Waals surface area contributed by atoms with E-state index in [1.807, 2.05) is 24.3 Å². The first kappa shape index (κ1) is 12.5. The number of benzene rings is 1. The molecule has 3 nitrogen and oxygen atoms in total. The fourth-order valence-corrected chi connectivity index (χ4v) is 3.23. The SMILES string of the molecule is Clc1ccc(C2=NO[C@@]3(CCCCO3)[C@H]2Br)cc1. The van der Waals surface area contributed by atoms with Crippen LogP contribution < -0.4 is 0 Å². The number of halogens is 2. The number of rotatable bonds is 1. The largest absolute Gasteiger partial charge is 0.358 e. The summed E-state index contributed by atoms with van der Waals surface area (Å²) >= 11 is 9.55. The summed E-state index contributed by atoms with van der Waals surface area (Å²) in [5.74, 6) is -0.618. The minimum atomic E-state index is -0.618. The van der Waals surface area contributed by atoms with Gasteiger partial charge in [-0.2, -0.15) is 0 Å². The van der Waals surface area contributed by atoms with Crippen LogP contribution in [0.5, 0.6) is 0 Å². The molecule has 0 radical (unpaired) electrons. The van der Waals surface area contributed by atoms with Crippen LogP contribution in [0, 0.1) is 0 Å². The lowest BCUT2D eigenvalue weighted by atomic mass is 9.97. The first-order valence-corrected chi connectivity index (χ1v) is 7.31. The summed E-state index contributed by atoms with van der Waals surface area (Å²) in [5.41, 5.74) is 1.88. The predicted octanol–water partition coefficient (Wildman–Crippen LogP) is 3.73. The molecule has 3 rings (SSSR count). The second-order valence-corrected chi connectivity index (χ2v) is 5.91. The molecule has 2 atom stereocenters. The Morgan fingerprint density at radius 2 is 2.06 bits per heavy atom. The van der Waals surface area contributed by atoms with Crippen molar-refractivity contribution >= 4 is 33.2 Å². The summed E-state index contributed by atoms with van der Waals surface area (Å²) in [4.78, 5) is 5.54. The lowest BCUT2D eigenvalue weighted by Gasteiger charge is -2.33. The Kier molecular flexibility index (Phi) is 3.34. The van der Waals surface area contributed by atoms with Gasteiger partial charge in [0, 0.05) is 17.0 Å². The summed E-state index contributed by atoms with van der Waals surface area (Å²) in [5, 5.41) is 4.91. The lowest BCUT2D eigenvalue weighted by Crippen LogP contribution is -2.45. The molecule has 0 bridgehead atoms. The van der Waals surface area contributed by atoms with Gasteiger partial charge in [0.25, 0.3) is 5.79 Å². The molecule has 2 heterocycles. The maximum absolute atomic E-state index is 5.89. The fraction of sp³-hybridized carbons (Fsp3) is 0.462. The van der Waals surface area contributed by atoms with Gasteiger partial charge < -0.3 is 9.57 Å². The average molecular weight is 331 g/mol. The quantitative estimate of drug-likeness (QED) is 0.735. The third kappa shape index (κ3) is 2.06. The monoisotopic (exact) mass is 329 g/mol. The van der Waals surface area contributed by atoms with Crippen molar-refractivity contribution in [2.75, 3.05) is 6.61 Å². The first-order chi connectivity index (χ1) is 8.71. The maximum atomic E-state index is 5.89. The zero-order valence-electron chi connectivity index (χ0n) is 9.73. The van der Waals surface area contributed by atoms with Gasteiger partial charge in [-0.1, -0.05) is 44.8 Å².